The Balaban J connectivity index is 1.24. The molecule has 0 bridgehead atoms. The molecule has 0 aliphatic carbocycles. The quantitative estimate of drug-likeness (QED) is 0.834. The smallest absolute Gasteiger partial charge is 0.0236 e. The van der Waals surface area contributed by atoms with E-state index < -0.39 is 0 Å². The topological polar surface area (TPSA) is 21.8 Å². The lowest BCUT2D eigenvalue weighted by Crippen LogP contribution is -2.39. The Labute approximate surface area is 129 Å². The van der Waals surface area contributed by atoms with Gasteiger partial charge in [0.2, 0.25) is 0 Å². The van der Waals surface area contributed by atoms with Crippen LogP contribution < -0.4 is 5.32 Å². The van der Waals surface area contributed by atoms with Gasteiger partial charge in [0.15, 0.2) is 0 Å². The number of rotatable bonds is 4. The van der Waals surface area contributed by atoms with Gasteiger partial charge in [-0.2, -0.15) is 0 Å². The second kappa shape index (κ2) is 6.53. The molecule has 4 nitrogen and oxygen atoms in total. The molecule has 4 aliphatic rings. The summed E-state index contributed by atoms with van der Waals surface area (Å²) < 4.78 is 0. The van der Waals surface area contributed by atoms with Crippen molar-refractivity contribution in [3.63, 3.8) is 0 Å². The number of hydrogen-bond donors (Lipinski definition) is 1. The van der Waals surface area contributed by atoms with Gasteiger partial charge in [0.25, 0.3) is 0 Å². The summed E-state index contributed by atoms with van der Waals surface area (Å²) in [6.07, 6.45) is 8.48. The van der Waals surface area contributed by atoms with Gasteiger partial charge < -0.3 is 10.2 Å². The molecular weight excluding hydrogens is 260 g/mol. The monoisotopic (exact) mass is 292 g/mol. The predicted molar refractivity (Wildman–Crippen MR) is 86.7 cm³/mol. The second-order valence-electron chi connectivity index (χ2n) is 7.68. The summed E-state index contributed by atoms with van der Waals surface area (Å²) in [6.45, 7) is 10.6. The molecule has 3 atom stereocenters. The highest BCUT2D eigenvalue weighted by atomic mass is 15.3. The molecule has 21 heavy (non-hydrogen) atoms. The zero-order valence-electron chi connectivity index (χ0n) is 13.5. The highest BCUT2D eigenvalue weighted by Gasteiger charge is 2.36. The van der Waals surface area contributed by atoms with Crippen LogP contribution in [0.2, 0.25) is 0 Å². The predicted octanol–water partition coefficient (Wildman–Crippen LogP) is 0.983. The number of likely N-dealkylation sites (tertiary alicyclic amines) is 3. The fourth-order valence-electron chi connectivity index (χ4n) is 5.00. The van der Waals surface area contributed by atoms with Crippen LogP contribution in [0.1, 0.15) is 38.5 Å². The zero-order valence-corrected chi connectivity index (χ0v) is 13.5. The van der Waals surface area contributed by atoms with Crippen molar-refractivity contribution in [1.82, 2.24) is 20.0 Å². The SMILES string of the molecule is C1CCN(CC2CC(N3CCC(N4CCCC4)C3)CN2)C1. The van der Waals surface area contributed by atoms with Crippen LogP contribution in [-0.4, -0.2) is 85.2 Å². The van der Waals surface area contributed by atoms with Gasteiger partial charge in [0.05, 0.1) is 0 Å². The minimum absolute atomic E-state index is 0.749. The highest BCUT2D eigenvalue weighted by Crippen LogP contribution is 2.25. The van der Waals surface area contributed by atoms with Gasteiger partial charge in [0, 0.05) is 44.3 Å². The van der Waals surface area contributed by atoms with E-state index in [-0.39, 0.29) is 0 Å². The van der Waals surface area contributed by atoms with Gasteiger partial charge in [-0.1, -0.05) is 0 Å². The first-order valence-electron chi connectivity index (χ1n) is 9.32. The van der Waals surface area contributed by atoms with E-state index >= 15 is 0 Å². The summed E-state index contributed by atoms with van der Waals surface area (Å²) in [4.78, 5) is 8.21. The molecule has 0 aromatic rings. The Hall–Kier alpha value is -0.160. The lowest BCUT2D eigenvalue weighted by molar-refractivity contribution is 0.203. The van der Waals surface area contributed by atoms with Gasteiger partial charge in [0.1, 0.15) is 0 Å². The van der Waals surface area contributed by atoms with E-state index in [0.29, 0.717) is 0 Å². The zero-order chi connectivity index (χ0) is 14.1. The Kier molecular flexibility index (Phi) is 4.49. The normalized spacial score (nSPS) is 39.7. The maximum atomic E-state index is 3.80. The van der Waals surface area contributed by atoms with Crippen molar-refractivity contribution in [1.29, 1.82) is 0 Å². The lowest BCUT2D eigenvalue weighted by atomic mass is 10.1. The van der Waals surface area contributed by atoms with E-state index in [1.807, 2.05) is 0 Å². The average Bonchev–Trinajstić information content (AvgIpc) is 3.28. The van der Waals surface area contributed by atoms with E-state index in [9.17, 15) is 0 Å². The van der Waals surface area contributed by atoms with Crippen LogP contribution in [0.3, 0.4) is 0 Å². The summed E-state index contributed by atoms with van der Waals surface area (Å²) >= 11 is 0. The molecule has 4 heterocycles. The number of nitrogens with one attached hydrogen (secondary N) is 1. The van der Waals surface area contributed by atoms with E-state index in [4.69, 9.17) is 0 Å². The van der Waals surface area contributed by atoms with Crippen LogP contribution in [-0.2, 0) is 0 Å². The van der Waals surface area contributed by atoms with Crippen LogP contribution in [0, 0.1) is 0 Å². The molecule has 4 fully saturated rings. The van der Waals surface area contributed by atoms with Crippen molar-refractivity contribution in [3.05, 3.63) is 0 Å². The maximum absolute atomic E-state index is 3.80. The van der Waals surface area contributed by atoms with Crippen LogP contribution in [0.4, 0.5) is 0 Å². The molecule has 4 rings (SSSR count). The molecule has 0 saturated carbocycles. The molecule has 0 spiro atoms. The van der Waals surface area contributed by atoms with Crippen LogP contribution in [0.5, 0.6) is 0 Å². The Morgan fingerprint density at radius 3 is 2.38 bits per heavy atom. The minimum atomic E-state index is 0.749. The molecule has 4 saturated heterocycles. The van der Waals surface area contributed by atoms with Gasteiger partial charge in [-0.25, -0.2) is 0 Å². The fraction of sp³-hybridized carbons (Fsp3) is 1.00. The number of hydrogen-bond acceptors (Lipinski definition) is 4. The number of nitrogens with zero attached hydrogens (tertiary/aromatic N) is 3. The summed E-state index contributed by atoms with van der Waals surface area (Å²) in [5.74, 6) is 0. The second-order valence-corrected chi connectivity index (χ2v) is 7.68. The van der Waals surface area contributed by atoms with E-state index in [2.05, 4.69) is 20.0 Å². The first kappa shape index (κ1) is 14.4. The van der Waals surface area contributed by atoms with E-state index in [1.54, 1.807) is 0 Å². The van der Waals surface area contributed by atoms with Gasteiger partial charge in [-0.05, 0) is 64.7 Å². The molecule has 0 radical (unpaired) electrons. The van der Waals surface area contributed by atoms with E-state index in [0.717, 1.165) is 18.1 Å². The Bertz CT molecular complexity index is 336. The van der Waals surface area contributed by atoms with Crippen molar-refractivity contribution >= 4 is 0 Å². The van der Waals surface area contributed by atoms with Crippen molar-refractivity contribution in [2.45, 2.75) is 56.7 Å². The van der Waals surface area contributed by atoms with Crippen molar-refractivity contribution in [2.75, 3.05) is 52.4 Å². The minimum Gasteiger partial charge on any atom is -0.311 e. The molecule has 4 aliphatic heterocycles. The lowest BCUT2D eigenvalue weighted by Gasteiger charge is -2.27. The van der Waals surface area contributed by atoms with E-state index in [1.165, 1.54) is 90.9 Å². The summed E-state index contributed by atoms with van der Waals surface area (Å²) in [5.41, 5.74) is 0. The molecular formula is C17H32N4. The Morgan fingerprint density at radius 1 is 0.810 bits per heavy atom. The van der Waals surface area contributed by atoms with Crippen molar-refractivity contribution in [2.24, 2.45) is 0 Å². The van der Waals surface area contributed by atoms with Crippen molar-refractivity contribution in [3.8, 4) is 0 Å². The molecule has 0 amide bonds. The molecule has 0 aromatic heterocycles. The first-order chi connectivity index (χ1) is 10.4. The third-order valence-electron chi connectivity index (χ3n) is 6.24. The molecule has 3 unspecified atom stereocenters. The summed E-state index contributed by atoms with van der Waals surface area (Å²) in [6, 6.07) is 2.43. The Morgan fingerprint density at radius 2 is 1.57 bits per heavy atom. The molecule has 4 heteroatoms. The first-order valence-corrected chi connectivity index (χ1v) is 9.32. The standard InChI is InChI=1S/C17H32N4/c1-2-7-19(6-1)13-15-11-17(12-18-15)21-10-5-16(14-21)20-8-3-4-9-20/h15-18H,1-14H2. The third kappa shape index (κ3) is 3.29. The average molecular weight is 292 g/mol. The largest absolute Gasteiger partial charge is 0.311 e. The highest BCUT2D eigenvalue weighted by molar-refractivity contribution is 4.95. The molecule has 120 valence electrons. The van der Waals surface area contributed by atoms with Crippen LogP contribution in [0.25, 0.3) is 0 Å². The van der Waals surface area contributed by atoms with Crippen LogP contribution >= 0.6 is 0 Å². The fourth-order valence-corrected chi connectivity index (χ4v) is 5.00. The van der Waals surface area contributed by atoms with Crippen molar-refractivity contribution < 1.29 is 0 Å². The van der Waals surface area contributed by atoms with Crippen LogP contribution in [0.15, 0.2) is 0 Å². The third-order valence-corrected chi connectivity index (χ3v) is 6.24. The van der Waals surface area contributed by atoms with Gasteiger partial charge in [-0.3, -0.25) is 9.80 Å². The van der Waals surface area contributed by atoms with Gasteiger partial charge >= 0.3 is 0 Å². The summed E-state index contributed by atoms with van der Waals surface area (Å²) in [5, 5.41) is 3.80. The molecule has 0 aromatic carbocycles. The maximum Gasteiger partial charge on any atom is 0.0236 e. The molecule has 1 N–H and O–H groups in total. The summed E-state index contributed by atoms with van der Waals surface area (Å²) in [7, 11) is 0. The van der Waals surface area contributed by atoms with Gasteiger partial charge in [-0.15, -0.1) is 0 Å².